The molecule has 0 spiro atoms. The molecule has 0 aliphatic carbocycles. The highest BCUT2D eigenvalue weighted by molar-refractivity contribution is 5.46. The van der Waals surface area contributed by atoms with Crippen molar-refractivity contribution in [1.82, 2.24) is 9.55 Å². The summed E-state index contributed by atoms with van der Waals surface area (Å²) in [5, 5.41) is 27.2. The van der Waals surface area contributed by atoms with Gasteiger partial charge in [0, 0.05) is 12.6 Å². The van der Waals surface area contributed by atoms with Crippen molar-refractivity contribution in [2.45, 2.75) is 31.3 Å². The van der Waals surface area contributed by atoms with Crippen molar-refractivity contribution in [3.8, 4) is 6.07 Å². The maximum Gasteiger partial charge on any atom is 0.330 e. The topological polar surface area (TPSA) is 128 Å². The first kappa shape index (κ1) is 15.2. The average molecular weight is 293 g/mol. The molecule has 1 aliphatic rings. The van der Waals surface area contributed by atoms with E-state index in [0.717, 1.165) is 4.57 Å². The van der Waals surface area contributed by atoms with Gasteiger partial charge in [-0.2, -0.15) is 5.26 Å². The molecule has 0 bridgehead atoms. The van der Waals surface area contributed by atoms with Crippen molar-refractivity contribution in [2.75, 3.05) is 6.61 Å². The summed E-state index contributed by atoms with van der Waals surface area (Å²) in [5.74, 6) is 0. The van der Waals surface area contributed by atoms with Gasteiger partial charge in [0.2, 0.25) is 0 Å². The van der Waals surface area contributed by atoms with Crippen LogP contribution in [0.25, 0.3) is 6.08 Å². The van der Waals surface area contributed by atoms with Crippen LogP contribution in [0.4, 0.5) is 0 Å². The normalized spacial score (nSPS) is 25.3. The zero-order valence-corrected chi connectivity index (χ0v) is 11.1. The van der Waals surface area contributed by atoms with Crippen LogP contribution in [-0.2, 0) is 4.74 Å². The molecule has 8 heteroatoms. The third-order valence-corrected chi connectivity index (χ3v) is 3.20. The van der Waals surface area contributed by atoms with Gasteiger partial charge in [0.25, 0.3) is 5.56 Å². The number of nitrogens with one attached hydrogen (secondary N) is 1. The Morgan fingerprint density at radius 2 is 2.33 bits per heavy atom. The molecule has 3 atom stereocenters. The zero-order chi connectivity index (χ0) is 15.4. The number of aromatic nitrogens is 2. The maximum absolute atomic E-state index is 11.8. The van der Waals surface area contributed by atoms with Gasteiger partial charge in [-0.15, -0.1) is 0 Å². The predicted octanol–water partition coefficient (Wildman–Crippen LogP) is -0.896. The summed E-state index contributed by atoms with van der Waals surface area (Å²) >= 11 is 0. The number of aliphatic hydroxyl groups is 2. The monoisotopic (exact) mass is 293 g/mol. The smallest absolute Gasteiger partial charge is 0.330 e. The number of nitriles is 1. The molecule has 1 aliphatic heterocycles. The molecule has 2 rings (SSSR count). The molecular formula is C13H15N3O5. The molecular weight excluding hydrogens is 278 g/mol. The standard InChI is InChI=1S/C13H15N3O5/c14-4-2-1-3-8-6-16(13(20)15-12(8)19)11-5-9(18)10(7-17)21-11/h1,3,6,9-11,17-18H,2,5,7H2,(H,15,19,20)/t9-,10+,11+/m0/s1. The molecule has 8 nitrogen and oxygen atoms in total. The third kappa shape index (κ3) is 3.28. The van der Waals surface area contributed by atoms with Gasteiger partial charge >= 0.3 is 5.69 Å². The van der Waals surface area contributed by atoms with Gasteiger partial charge in [-0.25, -0.2) is 4.79 Å². The minimum atomic E-state index is -0.878. The second-order valence-corrected chi connectivity index (χ2v) is 4.63. The fourth-order valence-electron chi connectivity index (χ4n) is 2.12. The summed E-state index contributed by atoms with van der Waals surface area (Å²) in [6.45, 7) is -0.356. The van der Waals surface area contributed by atoms with Gasteiger partial charge in [-0.3, -0.25) is 14.3 Å². The number of rotatable bonds is 4. The number of nitrogens with zero attached hydrogens (tertiary/aromatic N) is 2. The van der Waals surface area contributed by atoms with Crippen molar-refractivity contribution < 1.29 is 14.9 Å². The third-order valence-electron chi connectivity index (χ3n) is 3.20. The van der Waals surface area contributed by atoms with E-state index in [4.69, 9.17) is 15.1 Å². The van der Waals surface area contributed by atoms with Gasteiger partial charge in [0.15, 0.2) is 0 Å². The van der Waals surface area contributed by atoms with Gasteiger partial charge in [0.1, 0.15) is 12.3 Å². The molecule has 0 aromatic carbocycles. The highest BCUT2D eigenvalue weighted by Gasteiger charge is 2.35. The molecule has 0 amide bonds. The van der Waals surface area contributed by atoms with Gasteiger partial charge < -0.3 is 14.9 Å². The Kier molecular flexibility index (Phi) is 4.70. The molecule has 3 N–H and O–H groups in total. The van der Waals surface area contributed by atoms with Crippen LogP contribution < -0.4 is 11.2 Å². The van der Waals surface area contributed by atoms with Crippen molar-refractivity contribution in [1.29, 1.82) is 5.26 Å². The largest absolute Gasteiger partial charge is 0.394 e. The van der Waals surface area contributed by atoms with E-state index in [9.17, 15) is 14.7 Å². The first-order chi connectivity index (χ1) is 10.1. The van der Waals surface area contributed by atoms with E-state index in [-0.39, 0.29) is 25.0 Å². The van der Waals surface area contributed by atoms with Gasteiger partial charge in [-0.1, -0.05) is 12.2 Å². The fourth-order valence-corrected chi connectivity index (χ4v) is 2.12. The zero-order valence-electron chi connectivity index (χ0n) is 11.1. The summed E-state index contributed by atoms with van der Waals surface area (Å²) in [5.41, 5.74) is -1.02. The summed E-state index contributed by atoms with van der Waals surface area (Å²) in [6.07, 6.45) is 2.13. The Morgan fingerprint density at radius 3 is 2.95 bits per heavy atom. The fraction of sp³-hybridized carbons (Fsp3) is 0.462. The van der Waals surface area contributed by atoms with Gasteiger partial charge in [-0.05, 0) is 0 Å². The Morgan fingerprint density at radius 1 is 1.57 bits per heavy atom. The SMILES string of the molecule is N#CCC=Cc1cn([C@H]2C[C@H](O)[C@@H](CO)O2)c(=O)[nH]c1=O. The molecule has 2 heterocycles. The summed E-state index contributed by atoms with van der Waals surface area (Å²) < 4.78 is 6.53. The lowest BCUT2D eigenvalue weighted by Gasteiger charge is -2.14. The van der Waals surface area contributed by atoms with Crippen molar-refractivity contribution in [2.24, 2.45) is 0 Å². The Hall–Kier alpha value is -2.21. The molecule has 1 saturated heterocycles. The molecule has 1 aromatic heterocycles. The van der Waals surface area contributed by atoms with E-state index in [1.165, 1.54) is 18.3 Å². The molecule has 1 fully saturated rings. The number of ether oxygens (including phenoxy) is 1. The van der Waals surface area contributed by atoms with E-state index in [1.807, 2.05) is 6.07 Å². The maximum atomic E-state index is 11.8. The summed E-state index contributed by atoms with van der Waals surface area (Å²) in [7, 11) is 0. The Bertz CT molecular complexity index is 684. The van der Waals surface area contributed by atoms with E-state index in [0.29, 0.717) is 0 Å². The quantitative estimate of drug-likeness (QED) is 0.660. The summed E-state index contributed by atoms with van der Waals surface area (Å²) in [4.78, 5) is 25.6. The summed E-state index contributed by atoms with van der Waals surface area (Å²) in [6, 6.07) is 1.90. The van der Waals surface area contributed by atoms with Crippen LogP contribution in [0.1, 0.15) is 24.6 Å². The average Bonchev–Trinajstić information content (AvgIpc) is 2.82. The highest BCUT2D eigenvalue weighted by Crippen LogP contribution is 2.27. The second-order valence-electron chi connectivity index (χ2n) is 4.63. The molecule has 1 aromatic rings. The van der Waals surface area contributed by atoms with E-state index in [1.54, 1.807) is 0 Å². The van der Waals surface area contributed by atoms with Crippen LogP contribution in [0, 0.1) is 11.3 Å². The van der Waals surface area contributed by atoms with Crippen LogP contribution in [0.5, 0.6) is 0 Å². The number of H-pyrrole nitrogens is 1. The highest BCUT2D eigenvalue weighted by atomic mass is 16.5. The van der Waals surface area contributed by atoms with Crippen LogP contribution in [0.15, 0.2) is 21.9 Å². The predicted molar refractivity (Wildman–Crippen MR) is 72.2 cm³/mol. The van der Waals surface area contributed by atoms with Crippen molar-refractivity contribution >= 4 is 6.08 Å². The number of hydrogen-bond acceptors (Lipinski definition) is 6. The first-order valence-electron chi connectivity index (χ1n) is 6.40. The van der Waals surface area contributed by atoms with Crippen LogP contribution in [-0.4, -0.2) is 38.6 Å². The van der Waals surface area contributed by atoms with Gasteiger partial charge in [0.05, 0.1) is 30.8 Å². The van der Waals surface area contributed by atoms with Crippen LogP contribution >= 0.6 is 0 Å². The molecule has 112 valence electrons. The Labute approximate surface area is 119 Å². The minimum Gasteiger partial charge on any atom is -0.394 e. The number of aromatic amines is 1. The van der Waals surface area contributed by atoms with E-state index >= 15 is 0 Å². The number of aliphatic hydroxyl groups excluding tert-OH is 2. The van der Waals surface area contributed by atoms with Crippen molar-refractivity contribution in [3.63, 3.8) is 0 Å². The molecule has 0 radical (unpaired) electrons. The van der Waals surface area contributed by atoms with E-state index in [2.05, 4.69) is 4.98 Å². The van der Waals surface area contributed by atoms with Crippen molar-refractivity contribution in [3.05, 3.63) is 38.7 Å². The first-order valence-corrected chi connectivity index (χ1v) is 6.40. The Balaban J connectivity index is 2.33. The number of hydrogen-bond donors (Lipinski definition) is 3. The number of allylic oxidation sites excluding steroid dienone is 1. The second kappa shape index (κ2) is 6.49. The lowest BCUT2D eigenvalue weighted by atomic mass is 10.2. The molecule has 0 unspecified atom stereocenters. The van der Waals surface area contributed by atoms with Crippen LogP contribution in [0.2, 0.25) is 0 Å². The lowest BCUT2D eigenvalue weighted by molar-refractivity contribution is -0.0459. The molecule has 0 saturated carbocycles. The molecule has 21 heavy (non-hydrogen) atoms. The minimum absolute atomic E-state index is 0.137. The van der Waals surface area contributed by atoms with E-state index < -0.39 is 29.7 Å². The van der Waals surface area contributed by atoms with Crippen LogP contribution in [0.3, 0.4) is 0 Å². The lowest BCUT2D eigenvalue weighted by Crippen LogP contribution is -2.33.